The first kappa shape index (κ1) is 21.1. The molecule has 0 amide bonds. The molecule has 1 unspecified atom stereocenters. The minimum absolute atomic E-state index is 0.0357. The van der Waals surface area contributed by atoms with Gasteiger partial charge in [-0.2, -0.15) is 0 Å². The van der Waals surface area contributed by atoms with E-state index < -0.39 is 22.8 Å². The van der Waals surface area contributed by atoms with Crippen LogP contribution in [-0.2, 0) is 23.9 Å². The number of methoxy groups -OCH3 is 2. The van der Waals surface area contributed by atoms with Gasteiger partial charge in [0.2, 0.25) is 0 Å². The number of ketones is 1. The molecule has 1 saturated carbocycles. The van der Waals surface area contributed by atoms with Gasteiger partial charge in [-0.05, 0) is 41.7 Å². The monoisotopic (exact) mass is 374 g/mol. The molecule has 1 fully saturated rings. The average Bonchev–Trinajstić information content (AvgIpc) is 2.96. The van der Waals surface area contributed by atoms with Crippen LogP contribution in [0, 0.1) is 28.6 Å². The first-order valence-corrected chi connectivity index (χ1v) is 9.38. The van der Waals surface area contributed by atoms with Crippen molar-refractivity contribution in [2.24, 2.45) is 28.6 Å². The summed E-state index contributed by atoms with van der Waals surface area (Å²) in [5, 5.41) is 0. The van der Waals surface area contributed by atoms with E-state index in [2.05, 4.69) is 6.58 Å². The zero-order valence-electron chi connectivity index (χ0n) is 17.1. The molecule has 0 heterocycles. The molecule has 148 valence electrons. The quantitative estimate of drug-likeness (QED) is 0.417. The van der Waals surface area contributed by atoms with Crippen molar-refractivity contribution in [2.45, 2.75) is 40.5 Å². The van der Waals surface area contributed by atoms with E-state index in [4.69, 9.17) is 9.47 Å². The molecule has 1 atom stereocenters. The Balaban J connectivity index is 2.71. The van der Waals surface area contributed by atoms with Crippen molar-refractivity contribution >= 4 is 17.7 Å². The Labute approximate surface area is 161 Å². The molecule has 0 aliphatic heterocycles. The van der Waals surface area contributed by atoms with Crippen molar-refractivity contribution in [2.75, 3.05) is 14.2 Å². The van der Waals surface area contributed by atoms with Gasteiger partial charge in [0, 0.05) is 5.41 Å². The standard InChI is InChI=1S/C22H30O5/c1-8-15-9-22(19(24)26-6,20(25)27-7)12-21(15)10-16(13(2)3)18(23)17(11-21)14(4)5/h8,10-11,13-15H,1,9,12H2,2-7H3. The minimum Gasteiger partial charge on any atom is -0.468 e. The van der Waals surface area contributed by atoms with E-state index in [1.54, 1.807) is 6.08 Å². The van der Waals surface area contributed by atoms with Gasteiger partial charge in [-0.15, -0.1) is 6.58 Å². The second-order valence-electron chi connectivity index (χ2n) is 8.24. The summed E-state index contributed by atoms with van der Waals surface area (Å²) >= 11 is 0. The van der Waals surface area contributed by atoms with Crippen LogP contribution >= 0.6 is 0 Å². The highest BCUT2D eigenvalue weighted by Gasteiger charge is 2.62. The Morgan fingerprint density at radius 1 is 1.07 bits per heavy atom. The number of rotatable bonds is 5. The van der Waals surface area contributed by atoms with Crippen LogP contribution in [0.2, 0.25) is 0 Å². The lowest BCUT2D eigenvalue weighted by atomic mass is 9.67. The molecule has 0 N–H and O–H groups in total. The van der Waals surface area contributed by atoms with Crippen LogP contribution < -0.4 is 0 Å². The van der Waals surface area contributed by atoms with Gasteiger partial charge in [-0.1, -0.05) is 45.9 Å². The van der Waals surface area contributed by atoms with Gasteiger partial charge >= 0.3 is 11.9 Å². The molecule has 27 heavy (non-hydrogen) atoms. The number of hydrogen-bond donors (Lipinski definition) is 0. The molecule has 0 aromatic heterocycles. The summed E-state index contributed by atoms with van der Waals surface area (Å²) in [4.78, 5) is 38.2. The third kappa shape index (κ3) is 3.28. The molecule has 5 heteroatoms. The van der Waals surface area contributed by atoms with Gasteiger partial charge in [-0.3, -0.25) is 14.4 Å². The minimum atomic E-state index is -1.40. The predicted molar refractivity (Wildman–Crippen MR) is 103 cm³/mol. The summed E-state index contributed by atoms with van der Waals surface area (Å²) in [6.45, 7) is 11.9. The molecular formula is C22H30O5. The summed E-state index contributed by atoms with van der Waals surface area (Å²) in [7, 11) is 2.55. The van der Waals surface area contributed by atoms with E-state index in [0.29, 0.717) is 0 Å². The highest BCUT2D eigenvalue weighted by molar-refractivity contribution is 6.10. The Hall–Kier alpha value is -2.17. The van der Waals surface area contributed by atoms with Crippen LogP contribution in [0.5, 0.6) is 0 Å². The third-order valence-corrected chi connectivity index (χ3v) is 5.92. The van der Waals surface area contributed by atoms with Crippen LogP contribution in [0.25, 0.3) is 0 Å². The maximum atomic E-state index is 12.9. The molecule has 2 aliphatic rings. The first-order chi connectivity index (χ1) is 12.6. The smallest absolute Gasteiger partial charge is 0.323 e. The van der Waals surface area contributed by atoms with Crippen LogP contribution in [0.4, 0.5) is 0 Å². The fourth-order valence-corrected chi connectivity index (χ4v) is 4.47. The van der Waals surface area contributed by atoms with Crippen molar-refractivity contribution in [3.63, 3.8) is 0 Å². The van der Waals surface area contributed by atoms with Crippen LogP contribution in [0.15, 0.2) is 36.0 Å². The molecule has 2 rings (SSSR count). The first-order valence-electron chi connectivity index (χ1n) is 9.38. The maximum Gasteiger partial charge on any atom is 0.323 e. The summed E-state index contributed by atoms with van der Waals surface area (Å²) in [6, 6.07) is 0. The Morgan fingerprint density at radius 2 is 1.52 bits per heavy atom. The molecule has 0 radical (unpaired) electrons. The molecule has 0 saturated heterocycles. The maximum absolute atomic E-state index is 12.9. The molecular weight excluding hydrogens is 344 g/mol. The van der Waals surface area contributed by atoms with Gasteiger partial charge in [0.05, 0.1) is 14.2 Å². The van der Waals surface area contributed by atoms with Gasteiger partial charge in [0.25, 0.3) is 0 Å². The fraction of sp³-hybridized carbons (Fsp3) is 0.591. The number of carbonyl (C=O) groups excluding carboxylic acids is 3. The predicted octanol–water partition coefficient (Wildman–Crippen LogP) is 3.65. The second kappa shape index (κ2) is 7.45. The lowest BCUT2D eigenvalue weighted by Crippen LogP contribution is -2.40. The largest absolute Gasteiger partial charge is 0.468 e. The highest BCUT2D eigenvalue weighted by Crippen LogP contribution is 2.59. The van der Waals surface area contributed by atoms with Crippen molar-refractivity contribution in [1.29, 1.82) is 0 Å². The van der Waals surface area contributed by atoms with Crippen molar-refractivity contribution < 1.29 is 23.9 Å². The third-order valence-electron chi connectivity index (χ3n) is 5.92. The molecule has 5 nitrogen and oxygen atoms in total. The number of esters is 2. The lowest BCUT2D eigenvalue weighted by molar-refractivity contribution is -0.169. The Kier molecular flexibility index (Phi) is 5.83. The highest BCUT2D eigenvalue weighted by atomic mass is 16.5. The number of carbonyl (C=O) groups is 3. The van der Waals surface area contributed by atoms with E-state index in [-0.39, 0.29) is 36.4 Å². The summed E-state index contributed by atoms with van der Waals surface area (Å²) in [5.41, 5.74) is -0.603. The van der Waals surface area contributed by atoms with Crippen molar-refractivity contribution in [3.8, 4) is 0 Å². The van der Waals surface area contributed by atoms with Gasteiger partial charge in [0.15, 0.2) is 11.2 Å². The van der Waals surface area contributed by atoms with Crippen LogP contribution in [0.1, 0.15) is 40.5 Å². The summed E-state index contributed by atoms with van der Waals surface area (Å²) in [6.07, 6.45) is 6.12. The van der Waals surface area contributed by atoms with Crippen molar-refractivity contribution in [1.82, 2.24) is 0 Å². The zero-order chi connectivity index (χ0) is 20.6. The summed E-state index contributed by atoms with van der Waals surface area (Å²) < 4.78 is 9.95. The Bertz CT molecular complexity index is 679. The van der Waals surface area contributed by atoms with Gasteiger partial charge in [0.1, 0.15) is 0 Å². The SMILES string of the molecule is C=CC1CC(C(=O)OC)(C(=O)OC)CC12C=C(C(C)C)C(=O)C(C(C)C)=C2. The number of allylic oxidation sites excluding steroid dienone is 5. The van der Waals surface area contributed by atoms with E-state index >= 15 is 0 Å². The number of Topliss-reactive ketones (excluding diaryl/α,β-unsaturated/α-hetero) is 1. The molecule has 1 spiro atoms. The van der Waals surface area contributed by atoms with E-state index in [0.717, 1.165) is 11.1 Å². The number of hydrogen-bond acceptors (Lipinski definition) is 5. The van der Waals surface area contributed by atoms with Gasteiger partial charge < -0.3 is 9.47 Å². The normalized spacial score (nSPS) is 23.3. The van der Waals surface area contributed by atoms with Gasteiger partial charge in [-0.25, -0.2) is 0 Å². The Morgan fingerprint density at radius 3 is 1.85 bits per heavy atom. The topological polar surface area (TPSA) is 69.7 Å². The second-order valence-corrected chi connectivity index (χ2v) is 8.24. The van der Waals surface area contributed by atoms with E-state index in [1.165, 1.54) is 14.2 Å². The van der Waals surface area contributed by atoms with Crippen molar-refractivity contribution in [3.05, 3.63) is 36.0 Å². The van der Waals surface area contributed by atoms with E-state index in [9.17, 15) is 14.4 Å². The van der Waals surface area contributed by atoms with Crippen LogP contribution in [0.3, 0.4) is 0 Å². The fourth-order valence-electron chi connectivity index (χ4n) is 4.47. The van der Waals surface area contributed by atoms with E-state index in [1.807, 2.05) is 39.8 Å². The molecule has 0 aromatic rings. The molecule has 2 aliphatic carbocycles. The molecule has 0 aromatic carbocycles. The molecule has 0 bridgehead atoms. The average molecular weight is 374 g/mol. The lowest BCUT2D eigenvalue weighted by Gasteiger charge is -2.35. The zero-order valence-corrected chi connectivity index (χ0v) is 17.1. The number of ether oxygens (including phenoxy) is 2. The summed E-state index contributed by atoms with van der Waals surface area (Å²) in [5.74, 6) is -1.28. The van der Waals surface area contributed by atoms with Crippen LogP contribution in [-0.4, -0.2) is 31.9 Å².